The SMILES string of the molecule is O=C(NC1CCN(Cc2ccccc2)CC1)c1cccnc1SC(F)F. The van der Waals surface area contributed by atoms with E-state index >= 15 is 0 Å². The van der Waals surface area contributed by atoms with Crippen molar-refractivity contribution in [1.29, 1.82) is 0 Å². The van der Waals surface area contributed by atoms with Gasteiger partial charge in [-0.2, -0.15) is 8.78 Å². The zero-order chi connectivity index (χ0) is 18.4. The van der Waals surface area contributed by atoms with Gasteiger partial charge in [-0.05, 0) is 42.3 Å². The number of piperidine rings is 1. The maximum Gasteiger partial charge on any atom is 0.290 e. The average molecular weight is 377 g/mol. The van der Waals surface area contributed by atoms with Crippen molar-refractivity contribution in [3.05, 3.63) is 59.8 Å². The van der Waals surface area contributed by atoms with Crippen LogP contribution in [0.1, 0.15) is 28.8 Å². The summed E-state index contributed by atoms with van der Waals surface area (Å²) in [5, 5.41) is 3.04. The number of aromatic nitrogens is 1. The van der Waals surface area contributed by atoms with E-state index in [9.17, 15) is 13.6 Å². The van der Waals surface area contributed by atoms with Crippen LogP contribution in [0.3, 0.4) is 0 Å². The standard InChI is InChI=1S/C19H21F2N3OS/c20-19(21)26-18-16(7-4-10-22-18)17(25)23-15-8-11-24(12-9-15)13-14-5-2-1-3-6-14/h1-7,10,15,19H,8-9,11-13H2,(H,23,25). The van der Waals surface area contributed by atoms with Crippen LogP contribution in [0.4, 0.5) is 8.78 Å². The molecular weight excluding hydrogens is 356 g/mol. The van der Waals surface area contributed by atoms with Crippen molar-refractivity contribution in [2.75, 3.05) is 13.1 Å². The number of hydrogen-bond donors (Lipinski definition) is 1. The van der Waals surface area contributed by atoms with Gasteiger partial charge in [0, 0.05) is 31.9 Å². The van der Waals surface area contributed by atoms with Gasteiger partial charge < -0.3 is 5.32 Å². The predicted molar refractivity (Wildman–Crippen MR) is 98.3 cm³/mol. The van der Waals surface area contributed by atoms with Crippen LogP contribution in [-0.2, 0) is 6.54 Å². The van der Waals surface area contributed by atoms with Crippen molar-refractivity contribution in [1.82, 2.24) is 15.2 Å². The maximum atomic E-state index is 12.6. The Kier molecular flexibility index (Phi) is 6.57. The molecular formula is C19H21F2N3OS. The lowest BCUT2D eigenvalue weighted by atomic mass is 10.0. The molecule has 7 heteroatoms. The molecule has 1 fully saturated rings. The summed E-state index contributed by atoms with van der Waals surface area (Å²) < 4.78 is 25.3. The number of likely N-dealkylation sites (tertiary alicyclic amines) is 1. The third-order valence-corrected chi connectivity index (χ3v) is 5.12. The van der Waals surface area contributed by atoms with Crippen molar-refractivity contribution >= 4 is 17.7 Å². The fourth-order valence-corrected chi connectivity index (χ4v) is 3.66. The Morgan fingerprint density at radius 2 is 1.92 bits per heavy atom. The highest BCUT2D eigenvalue weighted by Crippen LogP contribution is 2.26. The van der Waals surface area contributed by atoms with Gasteiger partial charge in [0.05, 0.1) is 5.56 Å². The van der Waals surface area contributed by atoms with Gasteiger partial charge in [-0.25, -0.2) is 4.98 Å². The second-order valence-corrected chi connectivity index (χ2v) is 7.22. The minimum Gasteiger partial charge on any atom is -0.349 e. The molecule has 0 bridgehead atoms. The first-order valence-corrected chi connectivity index (χ1v) is 9.47. The average Bonchev–Trinajstić information content (AvgIpc) is 2.64. The molecule has 0 radical (unpaired) electrons. The monoisotopic (exact) mass is 377 g/mol. The summed E-state index contributed by atoms with van der Waals surface area (Å²) in [5.74, 6) is -2.93. The summed E-state index contributed by atoms with van der Waals surface area (Å²) >= 11 is 0.304. The zero-order valence-corrected chi connectivity index (χ0v) is 15.1. The molecule has 1 aromatic carbocycles. The van der Waals surface area contributed by atoms with Gasteiger partial charge in [0.25, 0.3) is 11.7 Å². The summed E-state index contributed by atoms with van der Waals surface area (Å²) in [4.78, 5) is 18.7. The molecule has 26 heavy (non-hydrogen) atoms. The lowest BCUT2D eigenvalue weighted by Gasteiger charge is -2.32. The molecule has 1 aliphatic heterocycles. The number of amides is 1. The Labute approximate surface area is 156 Å². The second kappa shape index (κ2) is 9.09. The molecule has 4 nitrogen and oxygen atoms in total. The number of nitrogens with zero attached hydrogens (tertiary/aromatic N) is 2. The first kappa shape index (κ1) is 18.8. The molecule has 3 rings (SSSR count). The van der Waals surface area contributed by atoms with Crippen molar-refractivity contribution in [3.63, 3.8) is 0 Å². The number of thioether (sulfide) groups is 1. The topological polar surface area (TPSA) is 45.2 Å². The summed E-state index contributed by atoms with van der Waals surface area (Å²) in [5.41, 5.74) is 1.49. The molecule has 1 saturated heterocycles. The highest BCUT2D eigenvalue weighted by Gasteiger charge is 2.23. The molecule has 2 aromatic rings. The normalized spacial score (nSPS) is 16.0. The van der Waals surface area contributed by atoms with Crippen LogP contribution < -0.4 is 5.32 Å². The van der Waals surface area contributed by atoms with E-state index in [1.165, 1.54) is 17.8 Å². The van der Waals surface area contributed by atoms with Crippen LogP contribution in [0.15, 0.2) is 53.7 Å². The van der Waals surface area contributed by atoms with E-state index in [0.717, 1.165) is 32.5 Å². The number of alkyl halides is 2. The molecule has 1 amide bonds. The summed E-state index contributed by atoms with van der Waals surface area (Å²) in [6.07, 6.45) is 3.11. The van der Waals surface area contributed by atoms with E-state index in [2.05, 4.69) is 27.3 Å². The maximum absolute atomic E-state index is 12.6. The van der Waals surface area contributed by atoms with Crippen LogP contribution in [0.25, 0.3) is 0 Å². The Hall–Kier alpha value is -1.99. The molecule has 0 atom stereocenters. The zero-order valence-electron chi connectivity index (χ0n) is 14.3. The predicted octanol–water partition coefficient (Wildman–Crippen LogP) is 3.79. The Bertz CT molecular complexity index is 722. The van der Waals surface area contributed by atoms with E-state index in [1.807, 2.05) is 18.2 Å². The molecule has 138 valence electrons. The fraction of sp³-hybridized carbons (Fsp3) is 0.368. The number of carbonyl (C=O) groups excluding carboxylic acids is 1. The van der Waals surface area contributed by atoms with E-state index < -0.39 is 5.76 Å². The lowest BCUT2D eigenvalue weighted by molar-refractivity contribution is 0.0905. The summed E-state index contributed by atoms with van der Waals surface area (Å²) in [6.45, 7) is 2.69. The number of nitrogens with one attached hydrogen (secondary N) is 1. The molecule has 1 aliphatic rings. The number of halogens is 2. The highest BCUT2D eigenvalue weighted by molar-refractivity contribution is 7.99. The van der Waals surface area contributed by atoms with Gasteiger partial charge in [0.1, 0.15) is 5.03 Å². The molecule has 1 N–H and O–H groups in total. The number of carbonyl (C=O) groups is 1. The van der Waals surface area contributed by atoms with Crippen LogP contribution in [-0.4, -0.2) is 40.7 Å². The van der Waals surface area contributed by atoms with Gasteiger partial charge in [0.15, 0.2) is 0 Å². The summed E-state index contributed by atoms with van der Waals surface area (Å²) in [7, 11) is 0. The Morgan fingerprint density at radius 1 is 1.19 bits per heavy atom. The minimum absolute atomic E-state index is 0.0547. The number of pyridine rings is 1. The lowest BCUT2D eigenvalue weighted by Crippen LogP contribution is -2.44. The van der Waals surface area contributed by atoms with E-state index in [1.54, 1.807) is 6.07 Å². The van der Waals surface area contributed by atoms with Crippen LogP contribution in [0, 0.1) is 0 Å². The Balaban J connectivity index is 1.52. The van der Waals surface area contributed by atoms with Crippen LogP contribution >= 0.6 is 11.8 Å². The molecule has 0 unspecified atom stereocenters. The van der Waals surface area contributed by atoms with E-state index in [4.69, 9.17) is 0 Å². The number of benzene rings is 1. The van der Waals surface area contributed by atoms with Gasteiger partial charge in [0.2, 0.25) is 0 Å². The van der Waals surface area contributed by atoms with Crippen molar-refractivity contribution in [2.24, 2.45) is 0 Å². The van der Waals surface area contributed by atoms with Crippen molar-refractivity contribution in [3.8, 4) is 0 Å². The Morgan fingerprint density at radius 3 is 2.62 bits per heavy atom. The van der Waals surface area contributed by atoms with Crippen molar-refractivity contribution in [2.45, 2.75) is 36.2 Å². The summed E-state index contributed by atoms with van der Waals surface area (Å²) in [6, 6.07) is 13.5. The van der Waals surface area contributed by atoms with Gasteiger partial charge >= 0.3 is 0 Å². The minimum atomic E-state index is -2.60. The smallest absolute Gasteiger partial charge is 0.290 e. The molecule has 0 saturated carbocycles. The largest absolute Gasteiger partial charge is 0.349 e. The third-order valence-electron chi connectivity index (χ3n) is 4.39. The van der Waals surface area contributed by atoms with Crippen LogP contribution in [0.5, 0.6) is 0 Å². The molecule has 0 spiro atoms. The first-order valence-electron chi connectivity index (χ1n) is 8.59. The number of rotatable bonds is 6. The van der Waals surface area contributed by atoms with E-state index in [-0.39, 0.29) is 22.5 Å². The molecule has 2 heterocycles. The fourth-order valence-electron chi connectivity index (χ4n) is 3.08. The van der Waals surface area contributed by atoms with Crippen LogP contribution in [0.2, 0.25) is 0 Å². The second-order valence-electron chi connectivity index (χ2n) is 6.24. The van der Waals surface area contributed by atoms with Gasteiger partial charge in [-0.15, -0.1) is 0 Å². The van der Waals surface area contributed by atoms with E-state index in [0.29, 0.717) is 11.8 Å². The van der Waals surface area contributed by atoms with Gasteiger partial charge in [-0.3, -0.25) is 9.69 Å². The molecule has 1 aromatic heterocycles. The highest BCUT2D eigenvalue weighted by atomic mass is 32.2. The third kappa shape index (κ3) is 5.25. The number of hydrogen-bond acceptors (Lipinski definition) is 4. The quantitative estimate of drug-likeness (QED) is 0.778. The van der Waals surface area contributed by atoms with Crippen molar-refractivity contribution < 1.29 is 13.6 Å². The molecule has 0 aliphatic carbocycles. The van der Waals surface area contributed by atoms with Gasteiger partial charge in [-0.1, -0.05) is 30.3 Å². The first-order chi connectivity index (χ1) is 12.6.